The van der Waals surface area contributed by atoms with Gasteiger partial charge in [0.05, 0.1) is 12.1 Å². The molecule has 2 aromatic rings. The Morgan fingerprint density at radius 2 is 2.00 bits per heavy atom. The Morgan fingerprint density at radius 1 is 1.28 bits per heavy atom. The molecule has 1 fully saturated rings. The molecule has 1 aromatic carbocycles. The molecule has 1 aliphatic rings. The van der Waals surface area contributed by atoms with Gasteiger partial charge in [0.25, 0.3) is 5.91 Å². The van der Waals surface area contributed by atoms with E-state index in [0.717, 1.165) is 23.7 Å². The molecule has 3 rings (SSSR count). The molecule has 1 heterocycles. The van der Waals surface area contributed by atoms with Crippen LogP contribution in [-0.4, -0.2) is 53.5 Å². The molecule has 7 heteroatoms. The molecule has 132 valence electrons. The van der Waals surface area contributed by atoms with Gasteiger partial charge in [-0.15, -0.1) is 0 Å². The Labute approximate surface area is 145 Å². The zero-order valence-corrected chi connectivity index (χ0v) is 14.3. The van der Waals surface area contributed by atoms with Gasteiger partial charge in [-0.25, -0.2) is 4.79 Å². The first-order valence-corrected chi connectivity index (χ1v) is 8.20. The zero-order chi connectivity index (χ0) is 18.0. The normalized spacial score (nSPS) is 13.5. The van der Waals surface area contributed by atoms with Crippen molar-refractivity contribution in [3.8, 4) is 0 Å². The minimum Gasteiger partial charge on any atom is -0.452 e. The summed E-state index contributed by atoms with van der Waals surface area (Å²) in [5, 5.41) is 3.59. The molecule has 1 N–H and O–H groups in total. The van der Waals surface area contributed by atoms with Crippen molar-refractivity contribution >= 4 is 28.7 Å². The highest BCUT2D eigenvalue weighted by Gasteiger charge is 2.24. The molecule has 0 spiro atoms. The van der Waals surface area contributed by atoms with Gasteiger partial charge < -0.3 is 19.5 Å². The fraction of sp³-hybridized carbons (Fsp3) is 0.389. The van der Waals surface area contributed by atoms with Crippen molar-refractivity contribution in [2.45, 2.75) is 18.9 Å². The van der Waals surface area contributed by atoms with E-state index in [9.17, 15) is 14.4 Å². The molecule has 0 radical (unpaired) electrons. The van der Waals surface area contributed by atoms with Crippen LogP contribution in [0.25, 0.3) is 10.9 Å². The highest BCUT2D eigenvalue weighted by Crippen LogP contribution is 2.21. The monoisotopic (exact) mass is 343 g/mol. The van der Waals surface area contributed by atoms with Crippen molar-refractivity contribution in [3.63, 3.8) is 0 Å². The molecule has 1 aliphatic carbocycles. The lowest BCUT2D eigenvalue weighted by Gasteiger charge is -2.16. The van der Waals surface area contributed by atoms with Crippen LogP contribution in [0.2, 0.25) is 0 Å². The van der Waals surface area contributed by atoms with E-state index in [2.05, 4.69) is 5.32 Å². The number of benzene rings is 1. The summed E-state index contributed by atoms with van der Waals surface area (Å²) in [5.74, 6) is -1.17. The summed E-state index contributed by atoms with van der Waals surface area (Å²) in [4.78, 5) is 37.3. The van der Waals surface area contributed by atoms with Gasteiger partial charge in [-0.05, 0) is 18.9 Å². The summed E-state index contributed by atoms with van der Waals surface area (Å²) in [7, 11) is 3.36. The maximum atomic E-state index is 12.3. The molecule has 0 aliphatic heterocycles. The minimum atomic E-state index is -0.555. The van der Waals surface area contributed by atoms with Crippen LogP contribution in [0.1, 0.15) is 23.2 Å². The molecular formula is C18H21N3O4. The number of ether oxygens (including phenoxy) is 1. The minimum absolute atomic E-state index is 0.0405. The number of nitrogens with zero attached hydrogens (tertiary/aromatic N) is 2. The third-order valence-electron chi connectivity index (χ3n) is 4.19. The van der Waals surface area contributed by atoms with E-state index in [-0.39, 0.29) is 18.5 Å². The van der Waals surface area contributed by atoms with E-state index in [1.165, 1.54) is 11.9 Å². The number of likely N-dealkylation sites (N-methyl/N-ethyl adjacent to an activating group) is 1. The average molecular weight is 343 g/mol. The molecule has 2 amide bonds. The Hall–Kier alpha value is -2.83. The first-order chi connectivity index (χ1) is 12.0. The van der Waals surface area contributed by atoms with Crippen LogP contribution in [0.5, 0.6) is 0 Å². The molecular weight excluding hydrogens is 322 g/mol. The standard InChI is InChI=1S/C18H21N3O4/c1-20-9-14(13-5-3-4-6-15(13)20)18(24)25-11-17(23)21(2)10-16(22)19-12-7-8-12/h3-6,9,12H,7-8,10-11H2,1-2H3,(H,19,22). The SMILES string of the molecule is CN(CC(=O)NC1CC1)C(=O)COC(=O)c1cn(C)c2ccccc12. The number of nitrogens with one attached hydrogen (secondary N) is 1. The van der Waals surface area contributed by atoms with Gasteiger partial charge in [-0.2, -0.15) is 0 Å². The molecule has 1 saturated carbocycles. The van der Waals surface area contributed by atoms with Crippen LogP contribution in [0.3, 0.4) is 0 Å². The first-order valence-electron chi connectivity index (χ1n) is 8.20. The Bertz CT molecular complexity index is 823. The fourth-order valence-corrected chi connectivity index (χ4v) is 2.62. The van der Waals surface area contributed by atoms with E-state index in [1.54, 1.807) is 6.20 Å². The highest BCUT2D eigenvalue weighted by molar-refractivity contribution is 6.04. The fourth-order valence-electron chi connectivity index (χ4n) is 2.62. The van der Waals surface area contributed by atoms with Crippen molar-refractivity contribution in [3.05, 3.63) is 36.0 Å². The molecule has 25 heavy (non-hydrogen) atoms. The van der Waals surface area contributed by atoms with E-state index in [0.29, 0.717) is 5.56 Å². The predicted octanol–water partition coefficient (Wildman–Crippen LogP) is 1.07. The number of fused-ring (bicyclic) bond motifs is 1. The summed E-state index contributed by atoms with van der Waals surface area (Å²) in [6, 6.07) is 7.73. The topological polar surface area (TPSA) is 80.6 Å². The second-order valence-corrected chi connectivity index (χ2v) is 6.34. The summed E-state index contributed by atoms with van der Waals surface area (Å²) < 4.78 is 6.97. The maximum Gasteiger partial charge on any atom is 0.340 e. The van der Waals surface area contributed by atoms with Gasteiger partial charge >= 0.3 is 5.97 Å². The number of esters is 1. The van der Waals surface area contributed by atoms with Crippen molar-refractivity contribution < 1.29 is 19.1 Å². The quantitative estimate of drug-likeness (QED) is 0.796. The number of para-hydroxylation sites is 1. The third kappa shape index (κ3) is 3.99. The molecule has 1 aromatic heterocycles. The lowest BCUT2D eigenvalue weighted by Crippen LogP contribution is -2.40. The second-order valence-electron chi connectivity index (χ2n) is 6.34. The lowest BCUT2D eigenvalue weighted by molar-refractivity contribution is -0.137. The van der Waals surface area contributed by atoms with Crippen molar-refractivity contribution in [1.82, 2.24) is 14.8 Å². The van der Waals surface area contributed by atoms with Gasteiger partial charge in [0.15, 0.2) is 6.61 Å². The molecule has 0 atom stereocenters. The van der Waals surface area contributed by atoms with Crippen molar-refractivity contribution in [1.29, 1.82) is 0 Å². The van der Waals surface area contributed by atoms with Crippen molar-refractivity contribution in [2.75, 3.05) is 20.2 Å². The van der Waals surface area contributed by atoms with Gasteiger partial charge in [0.2, 0.25) is 5.91 Å². The number of aryl methyl sites for hydroxylation is 1. The van der Waals surface area contributed by atoms with E-state index in [4.69, 9.17) is 4.74 Å². The Kier molecular flexibility index (Phi) is 4.74. The predicted molar refractivity (Wildman–Crippen MR) is 92.0 cm³/mol. The average Bonchev–Trinajstić information content (AvgIpc) is 3.34. The van der Waals surface area contributed by atoms with Gasteiger partial charge in [-0.1, -0.05) is 18.2 Å². The van der Waals surface area contributed by atoms with Crippen molar-refractivity contribution in [2.24, 2.45) is 7.05 Å². The van der Waals surface area contributed by atoms with Crippen LogP contribution in [0, 0.1) is 0 Å². The van der Waals surface area contributed by atoms with E-state index < -0.39 is 18.5 Å². The van der Waals surface area contributed by atoms with E-state index >= 15 is 0 Å². The summed E-state index contributed by atoms with van der Waals surface area (Å²) in [6.45, 7) is -0.434. The Balaban J connectivity index is 1.55. The highest BCUT2D eigenvalue weighted by atomic mass is 16.5. The van der Waals surface area contributed by atoms with Crippen LogP contribution in [-0.2, 0) is 21.4 Å². The number of carbonyl (C=O) groups excluding carboxylic acids is 3. The van der Waals surface area contributed by atoms with Crippen LogP contribution in [0.15, 0.2) is 30.5 Å². The molecule has 0 bridgehead atoms. The van der Waals surface area contributed by atoms with E-state index in [1.807, 2.05) is 35.9 Å². The lowest BCUT2D eigenvalue weighted by atomic mass is 10.2. The summed E-state index contributed by atoms with van der Waals surface area (Å²) >= 11 is 0. The smallest absolute Gasteiger partial charge is 0.340 e. The number of amides is 2. The van der Waals surface area contributed by atoms with Gasteiger partial charge in [-0.3, -0.25) is 9.59 Å². The van der Waals surface area contributed by atoms with Crippen LogP contribution in [0.4, 0.5) is 0 Å². The summed E-state index contributed by atoms with van der Waals surface area (Å²) in [6.07, 6.45) is 3.67. The first kappa shape index (κ1) is 17.0. The number of hydrogen-bond acceptors (Lipinski definition) is 4. The summed E-state index contributed by atoms with van der Waals surface area (Å²) in [5.41, 5.74) is 1.33. The van der Waals surface area contributed by atoms with Gasteiger partial charge in [0.1, 0.15) is 0 Å². The molecule has 0 unspecified atom stereocenters. The zero-order valence-electron chi connectivity index (χ0n) is 14.3. The van der Waals surface area contributed by atoms with Gasteiger partial charge in [0, 0.05) is 37.2 Å². The molecule has 0 saturated heterocycles. The third-order valence-corrected chi connectivity index (χ3v) is 4.19. The van der Waals surface area contributed by atoms with Crippen LogP contribution < -0.4 is 5.32 Å². The number of aromatic nitrogens is 1. The number of carbonyl (C=O) groups is 3. The number of rotatable bonds is 6. The largest absolute Gasteiger partial charge is 0.452 e. The Morgan fingerprint density at radius 3 is 2.72 bits per heavy atom. The van der Waals surface area contributed by atoms with Crippen LogP contribution >= 0.6 is 0 Å². The number of hydrogen-bond donors (Lipinski definition) is 1. The second kappa shape index (κ2) is 6.96. The maximum absolute atomic E-state index is 12.3. The molecule has 7 nitrogen and oxygen atoms in total.